The Balaban J connectivity index is 1.20. The average Bonchev–Trinajstić information content (AvgIpc) is 2.85. The third kappa shape index (κ3) is 4.29. The van der Waals surface area contributed by atoms with Gasteiger partial charge in [0.1, 0.15) is 11.9 Å². The minimum atomic E-state index is 0.104. The van der Waals surface area contributed by atoms with Crippen LogP contribution in [-0.4, -0.2) is 35.0 Å². The molecule has 1 aromatic heterocycles. The van der Waals surface area contributed by atoms with Gasteiger partial charge in [0.05, 0.1) is 5.52 Å². The van der Waals surface area contributed by atoms with Crippen molar-refractivity contribution in [3.8, 4) is 16.9 Å². The second-order valence-electron chi connectivity index (χ2n) is 7.92. The highest BCUT2D eigenvalue weighted by atomic mass is 16.5. The van der Waals surface area contributed by atoms with Crippen molar-refractivity contribution in [3.05, 3.63) is 96.7 Å². The number of carbonyl (C=O) groups excluding carboxylic acids is 1. The molecule has 1 saturated heterocycles. The van der Waals surface area contributed by atoms with Gasteiger partial charge in [-0.1, -0.05) is 48.5 Å². The van der Waals surface area contributed by atoms with Crippen LogP contribution >= 0.6 is 0 Å². The van der Waals surface area contributed by atoms with Crippen LogP contribution < -0.4 is 4.74 Å². The highest BCUT2D eigenvalue weighted by Gasteiger charge is 2.24. The first-order chi connectivity index (χ1) is 15.3. The number of piperidine rings is 1. The summed E-state index contributed by atoms with van der Waals surface area (Å²) in [7, 11) is 0. The third-order valence-corrected chi connectivity index (χ3v) is 5.83. The van der Waals surface area contributed by atoms with Crippen molar-refractivity contribution in [1.29, 1.82) is 0 Å². The van der Waals surface area contributed by atoms with E-state index in [9.17, 15) is 4.79 Å². The van der Waals surface area contributed by atoms with E-state index in [4.69, 9.17) is 4.74 Å². The van der Waals surface area contributed by atoms with Crippen molar-refractivity contribution < 1.29 is 9.53 Å². The molecule has 0 aliphatic carbocycles. The van der Waals surface area contributed by atoms with Crippen LogP contribution in [0, 0.1) is 0 Å². The van der Waals surface area contributed by atoms with Crippen LogP contribution in [0.3, 0.4) is 0 Å². The summed E-state index contributed by atoms with van der Waals surface area (Å²) in [5.74, 6) is 0.970. The number of pyridine rings is 1. The molecule has 0 bridgehead atoms. The Morgan fingerprint density at radius 2 is 1.55 bits per heavy atom. The molecule has 4 nitrogen and oxygen atoms in total. The maximum atomic E-state index is 12.6. The summed E-state index contributed by atoms with van der Waals surface area (Å²) in [4.78, 5) is 19.1. The molecule has 1 fully saturated rings. The van der Waals surface area contributed by atoms with E-state index >= 15 is 0 Å². The number of ether oxygens (including phenoxy) is 1. The topological polar surface area (TPSA) is 42.4 Å². The van der Waals surface area contributed by atoms with E-state index in [0.717, 1.165) is 59.3 Å². The molecule has 1 aliphatic rings. The van der Waals surface area contributed by atoms with Crippen molar-refractivity contribution >= 4 is 16.8 Å². The van der Waals surface area contributed by atoms with Crippen LogP contribution in [-0.2, 0) is 0 Å². The summed E-state index contributed by atoms with van der Waals surface area (Å²) in [6.07, 6.45) is 3.73. The molecule has 0 N–H and O–H groups in total. The minimum Gasteiger partial charge on any atom is -0.490 e. The third-order valence-electron chi connectivity index (χ3n) is 5.83. The Hall–Kier alpha value is -3.66. The van der Waals surface area contributed by atoms with Gasteiger partial charge in [-0.25, -0.2) is 0 Å². The van der Waals surface area contributed by atoms with E-state index in [2.05, 4.69) is 29.2 Å². The largest absolute Gasteiger partial charge is 0.490 e. The monoisotopic (exact) mass is 408 g/mol. The number of hydrogen-bond donors (Lipinski definition) is 0. The highest BCUT2D eigenvalue weighted by Crippen LogP contribution is 2.26. The maximum Gasteiger partial charge on any atom is 0.253 e. The van der Waals surface area contributed by atoms with Gasteiger partial charge >= 0.3 is 0 Å². The fraction of sp³-hybridized carbons (Fsp3) is 0.185. The van der Waals surface area contributed by atoms with Gasteiger partial charge in [-0.05, 0) is 42.0 Å². The number of nitrogens with zero attached hydrogens (tertiary/aromatic N) is 2. The summed E-state index contributed by atoms with van der Waals surface area (Å²) in [6.45, 7) is 1.44. The summed E-state index contributed by atoms with van der Waals surface area (Å²) < 4.78 is 6.20. The zero-order chi connectivity index (χ0) is 21.0. The van der Waals surface area contributed by atoms with Crippen LogP contribution in [0.4, 0.5) is 0 Å². The molecule has 0 radical (unpaired) electrons. The zero-order valence-corrected chi connectivity index (χ0v) is 17.3. The molecule has 1 aliphatic heterocycles. The van der Waals surface area contributed by atoms with Gasteiger partial charge in [-0.15, -0.1) is 0 Å². The Morgan fingerprint density at radius 3 is 2.32 bits per heavy atom. The van der Waals surface area contributed by atoms with Crippen LogP contribution in [0.25, 0.3) is 22.0 Å². The number of benzene rings is 3. The standard InChI is InChI=1S/C27H24N2O2/c30-27(21-6-2-1-3-7-21)29-16-14-25(15-17-29)31-24-12-10-20(11-13-24)23-18-22-8-4-5-9-26(22)28-19-23/h1-13,18-19,25H,14-17H2. The molecule has 5 rings (SSSR count). The fourth-order valence-electron chi connectivity index (χ4n) is 4.09. The Kier molecular flexibility index (Phi) is 5.36. The van der Waals surface area contributed by atoms with Gasteiger partial charge in [-0.2, -0.15) is 0 Å². The smallest absolute Gasteiger partial charge is 0.253 e. The Morgan fingerprint density at radius 1 is 0.839 bits per heavy atom. The second kappa shape index (κ2) is 8.60. The van der Waals surface area contributed by atoms with Crippen molar-refractivity contribution in [2.24, 2.45) is 0 Å². The normalized spacial score (nSPS) is 14.5. The van der Waals surface area contributed by atoms with E-state index in [1.54, 1.807) is 0 Å². The van der Waals surface area contributed by atoms with Crippen molar-refractivity contribution in [1.82, 2.24) is 9.88 Å². The van der Waals surface area contributed by atoms with Gasteiger partial charge in [0.2, 0.25) is 0 Å². The van der Waals surface area contributed by atoms with E-state index in [1.165, 1.54) is 0 Å². The molecule has 0 saturated carbocycles. The van der Waals surface area contributed by atoms with E-state index < -0.39 is 0 Å². The summed E-state index contributed by atoms with van der Waals surface area (Å²) in [5.41, 5.74) is 3.97. The summed E-state index contributed by atoms with van der Waals surface area (Å²) in [6, 6.07) is 28.0. The first-order valence-corrected chi connectivity index (χ1v) is 10.7. The first kappa shape index (κ1) is 19.3. The number of carbonyl (C=O) groups is 1. The second-order valence-corrected chi connectivity index (χ2v) is 7.92. The molecular weight excluding hydrogens is 384 g/mol. The summed E-state index contributed by atoms with van der Waals surface area (Å²) in [5, 5.41) is 1.14. The molecular formula is C27H24N2O2. The molecule has 4 heteroatoms. The van der Waals surface area contributed by atoms with Crippen molar-refractivity contribution in [3.63, 3.8) is 0 Å². The predicted octanol–water partition coefficient (Wildman–Crippen LogP) is 5.59. The Labute approximate surface area is 182 Å². The van der Waals surface area contributed by atoms with E-state index in [-0.39, 0.29) is 12.0 Å². The van der Waals surface area contributed by atoms with Gasteiger partial charge < -0.3 is 9.64 Å². The van der Waals surface area contributed by atoms with Crippen LogP contribution in [0.1, 0.15) is 23.2 Å². The zero-order valence-electron chi connectivity index (χ0n) is 17.3. The number of amides is 1. The number of likely N-dealkylation sites (tertiary alicyclic amines) is 1. The van der Waals surface area contributed by atoms with Crippen LogP contribution in [0.2, 0.25) is 0 Å². The van der Waals surface area contributed by atoms with E-state index in [1.807, 2.05) is 71.8 Å². The Bertz CT molecular complexity index is 1180. The molecule has 1 amide bonds. The molecule has 2 heterocycles. The van der Waals surface area contributed by atoms with Crippen molar-refractivity contribution in [2.75, 3.05) is 13.1 Å². The molecule has 154 valence electrons. The lowest BCUT2D eigenvalue weighted by Crippen LogP contribution is -2.41. The van der Waals surface area contributed by atoms with Gasteiger partial charge in [0, 0.05) is 48.6 Å². The number of fused-ring (bicyclic) bond motifs is 1. The lowest BCUT2D eigenvalue weighted by Gasteiger charge is -2.32. The lowest BCUT2D eigenvalue weighted by molar-refractivity contribution is 0.0595. The lowest BCUT2D eigenvalue weighted by atomic mass is 10.0. The molecule has 0 atom stereocenters. The highest BCUT2D eigenvalue weighted by molar-refractivity contribution is 5.94. The van der Waals surface area contributed by atoms with Gasteiger partial charge in [0.15, 0.2) is 0 Å². The molecule has 4 aromatic rings. The fourth-order valence-corrected chi connectivity index (χ4v) is 4.09. The number of para-hydroxylation sites is 1. The SMILES string of the molecule is O=C(c1ccccc1)N1CCC(Oc2ccc(-c3cnc4ccccc4c3)cc2)CC1. The molecule has 0 unspecified atom stereocenters. The van der Waals surface area contributed by atoms with Gasteiger partial charge in [-0.3, -0.25) is 9.78 Å². The number of hydrogen-bond acceptors (Lipinski definition) is 3. The molecule has 0 spiro atoms. The van der Waals surface area contributed by atoms with Crippen LogP contribution in [0.5, 0.6) is 5.75 Å². The minimum absolute atomic E-state index is 0.104. The molecule has 31 heavy (non-hydrogen) atoms. The summed E-state index contributed by atoms with van der Waals surface area (Å²) >= 11 is 0. The first-order valence-electron chi connectivity index (χ1n) is 10.7. The van der Waals surface area contributed by atoms with E-state index in [0.29, 0.717) is 0 Å². The predicted molar refractivity (Wildman–Crippen MR) is 123 cm³/mol. The quantitative estimate of drug-likeness (QED) is 0.442. The number of aromatic nitrogens is 1. The number of rotatable bonds is 4. The van der Waals surface area contributed by atoms with Gasteiger partial charge in [0.25, 0.3) is 5.91 Å². The maximum absolute atomic E-state index is 12.6. The van der Waals surface area contributed by atoms with Crippen molar-refractivity contribution in [2.45, 2.75) is 18.9 Å². The average molecular weight is 409 g/mol. The van der Waals surface area contributed by atoms with Crippen LogP contribution in [0.15, 0.2) is 91.1 Å². The molecule has 3 aromatic carbocycles.